The van der Waals surface area contributed by atoms with Gasteiger partial charge in [-0.25, -0.2) is 4.79 Å². The van der Waals surface area contributed by atoms with Crippen LogP contribution in [0, 0.1) is 17.8 Å². The Morgan fingerprint density at radius 2 is 1.32 bits per heavy atom. The van der Waals surface area contributed by atoms with Crippen LogP contribution in [0.15, 0.2) is 66.2 Å². The number of nitrogens with zero attached hydrogens (tertiary/aromatic N) is 1. The molecule has 0 saturated carbocycles. The SMILES string of the molecule is CC(C)(C)[Si](C)(C)Oc1ccc2c(c1)C(=O)/C(=C/C1CCNCC1)C2.CC(C)(C)[Si](C)(C)Oc1ccc2c(c1)C(=O)C(CC1CCN(C(=O)OCc3cc(Cl)cc(Cl)c3)CC1)C2. The van der Waals surface area contributed by atoms with Crippen molar-refractivity contribution in [2.75, 3.05) is 26.2 Å². The predicted molar refractivity (Wildman–Crippen MR) is 257 cm³/mol. The van der Waals surface area contributed by atoms with Gasteiger partial charge >= 0.3 is 6.09 Å². The van der Waals surface area contributed by atoms with Gasteiger partial charge in [-0.3, -0.25) is 9.59 Å². The molecule has 0 radical (unpaired) electrons. The minimum atomic E-state index is -1.96. The number of ketones is 2. The molecule has 1 N–H and O–H groups in total. The predicted octanol–water partition coefficient (Wildman–Crippen LogP) is 12.9. The fourth-order valence-electron chi connectivity index (χ4n) is 8.25. The van der Waals surface area contributed by atoms with Gasteiger partial charge in [0, 0.05) is 52.2 Å². The van der Waals surface area contributed by atoms with Gasteiger partial charge in [-0.15, -0.1) is 0 Å². The first-order chi connectivity index (χ1) is 29.0. The van der Waals surface area contributed by atoms with Crippen molar-refractivity contribution in [3.05, 3.63) is 104 Å². The molecule has 0 aromatic heterocycles. The Morgan fingerprint density at radius 1 is 0.774 bits per heavy atom. The molecule has 2 heterocycles. The number of Topliss-reactive ketones (excluding diaryl/α,β-unsaturated/α-hetero) is 2. The number of likely N-dealkylation sites (tertiary alicyclic amines) is 1. The van der Waals surface area contributed by atoms with Crippen molar-refractivity contribution in [2.45, 2.75) is 129 Å². The normalized spacial score (nSPS) is 19.5. The van der Waals surface area contributed by atoms with Gasteiger partial charge in [-0.2, -0.15) is 0 Å². The fraction of sp³-hybridized carbons (Fsp3) is 0.540. The second-order valence-electron chi connectivity index (χ2n) is 20.9. The first-order valence-corrected chi connectivity index (χ1v) is 29.1. The summed E-state index contributed by atoms with van der Waals surface area (Å²) in [5.74, 6) is 3.06. The number of rotatable bonds is 9. The highest BCUT2D eigenvalue weighted by Gasteiger charge is 2.41. The average Bonchev–Trinajstić information content (AvgIpc) is 3.66. The van der Waals surface area contributed by atoms with Gasteiger partial charge < -0.3 is 23.8 Å². The number of benzene rings is 3. The number of piperidine rings is 2. The van der Waals surface area contributed by atoms with Gasteiger partial charge in [0.15, 0.2) is 11.6 Å². The van der Waals surface area contributed by atoms with Crippen LogP contribution in [0.4, 0.5) is 4.79 Å². The minimum Gasteiger partial charge on any atom is -0.543 e. The third-order valence-corrected chi connectivity index (χ3v) is 23.3. The van der Waals surface area contributed by atoms with Crippen LogP contribution in [-0.4, -0.2) is 65.4 Å². The molecule has 2 aliphatic carbocycles. The van der Waals surface area contributed by atoms with E-state index in [2.05, 4.69) is 91.3 Å². The van der Waals surface area contributed by atoms with Crippen LogP contribution >= 0.6 is 23.2 Å². The molecule has 2 fully saturated rings. The largest absolute Gasteiger partial charge is 0.543 e. The number of nitrogens with one attached hydrogen (secondary N) is 1. The highest BCUT2D eigenvalue weighted by Crippen LogP contribution is 2.41. The van der Waals surface area contributed by atoms with E-state index in [1.807, 2.05) is 24.3 Å². The number of fused-ring (bicyclic) bond motifs is 2. The average molecular weight is 920 g/mol. The molecule has 2 saturated heterocycles. The van der Waals surface area contributed by atoms with Crippen LogP contribution in [0.25, 0.3) is 0 Å². The molecular weight excluding hydrogens is 852 g/mol. The number of halogens is 2. The summed E-state index contributed by atoms with van der Waals surface area (Å²) in [6.45, 7) is 25.8. The number of carbonyl (C=O) groups excluding carboxylic acids is 3. The molecule has 3 aromatic carbocycles. The lowest BCUT2D eigenvalue weighted by molar-refractivity contribution is 0.0765. The van der Waals surface area contributed by atoms with Crippen LogP contribution in [0.1, 0.15) is 111 Å². The number of carbonyl (C=O) groups is 3. The standard InChI is InChI=1S/C29H37Cl2NO4Si.C21H31NO2Si/c1-29(2,3)37(4,5)36-25-7-6-21-15-22(27(33)26(21)17-25)12-19-8-10-32(11-9-19)28(34)35-18-20-13-23(30)16-24(31)14-20;1-21(2,3)25(4,5)24-18-7-6-16-13-17(20(23)19(16)14-18)12-15-8-10-22-11-9-15/h6-7,13-14,16-17,19,22H,8-12,15,18H2,1-5H3;6-7,12,14-15,22H,8-11,13H2,1-5H3/b;17-12+. The number of ether oxygens (including phenoxy) is 1. The van der Waals surface area contributed by atoms with Crippen LogP contribution in [0.2, 0.25) is 46.3 Å². The lowest BCUT2D eigenvalue weighted by Crippen LogP contribution is -2.43. The summed E-state index contributed by atoms with van der Waals surface area (Å²) in [7, 11) is -3.85. The van der Waals surface area contributed by atoms with E-state index in [1.165, 1.54) is 0 Å². The van der Waals surface area contributed by atoms with E-state index >= 15 is 0 Å². The third kappa shape index (κ3) is 11.8. The van der Waals surface area contributed by atoms with Crippen LogP contribution < -0.4 is 14.2 Å². The zero-order valence-corrected chi connectivity index (χ0v) is 42.2. The molecular formula is C50H68Cl2N2O6Si2. The first kappa shape index (κ1) is 48.0. The Morgan fingerprint density at radius 3 is 1.89 bits per heavy atom. The zero-order chi connectivity index (χ0) is 45.2. The monoisotopic (exact) mass is 918 g/mol. The molecule has 12 heteroatoms. The minimum absolute atomic E-state index is 0.00852. The van der Waals surface area contributed by atoms with Crippen LogP contribution in [-0.2, 0) is 24.2 Å². The van der Waals surface area contributed by atoms with Gasteiger partial charge in [-0.1, -0.05) is 83.0 Å². The first-order valence-electron chi connectivity index (χ1n) is 22.5. The Hall–Kier alpha value is -3.42. The Kier molecular flexibility index (Phi) is 15.0. The molecule has 62 heavy (non-hydrogen) atoms. The van der Waals surface area contributed by atoms with Crippen LogP contribution in [0.3, 0.4) is 0 Å². The van der Waals surface area contributed by atoms with E-state index < -0.39 is 16.6 Å². The highest BCUT2D eigenvalue weighted by molar-refractivity contribution is 6.75. The molecule has 0 spiro atoms. The Labute approximate surface area is 382 Å². The summed E-state index contributed by atoms with van der Waals surface area (Å²) in [5, 5.41) is 4.66. The molecule has 1 amide bonds. The lowest BCUT2D eigenvalue weighted by Gasteiger charge is -2.36. The highest BCUT2D eigenvalue weighted by atomic mass is 35.5. The Bertz CT molecular complexity index is 2140. The maximum atomic E-state index is 13.3. The smallest absolute Gasteiger partial charge is 0.410 e. The molecule has 3 aromatic rings. The molecule has 2 aliphatic heterocycles. The Balaban J connectivity index is 0.000000223. The van der Waals surface area contributed by atoms with Crippen molar-refractivity contribution in [1.82, 2.24) is 10.2 Å². The van der Waals surface area contributed by atoms with Gasteiger partial charge in [0.2, 0.25) is 16.6 Å². The van der Waals surface area contributed by atoms with Crippen molar-refractivity contribution < 1.29 is 28.0 Å². The molecule has 0 bridgehead atoms. The van der Waals surface area contributed by atoms with E-state index in [0.717, 1.165) is 103 Å². The van der Waals surface area contributed by atoms with E-state index in [1.54, 1.807) is 23.1 Å². The van der Waals surface area contributed by atoms with E-state index in [-0.39, 0.29) is 40.3 Å². The summed E-state index contributed by atoms with van der Waals surface area (Å²) < 4.78 is 18.3. The summed E-state index contributed by atoms with van der Waals surface area (Å²) >= 11 is 12.1. The quantitative estimate of drug-likeness (QED) is 0.169. The van der Waals surface area contributed by atoms with Crippen LogP contribution in [0.5, 0.6) is 11.5 Å². The number of hydrogen-bond donors (Lipinski definition) is 1. The summed E-state index contributed by atoms with van der Waals surface area (Å²) in [6.07, 6.45) is 8.34. The summed E-state index contributed by atoms with van der Waals surface area (Å²) in [5.41, 5.74) is 5.68. The second kappa shape index (κ2) is 19.4. The van der Waals surface area contributed by atoms with Gasteiger partial charge in [0.05, 0.1) is 0 Å². The third-order valence-electron chi connectivity index (χ3n) is 14.1. The zero-order valence-electron chi connectivity index (χ0n) is 38.6. The lowest BCUT2D eigenvalue weighted by atomic mass is 9.85. The van der Waals surface area contributed by atoms with E-state index in [0.29, 0.717) is 35.0 Å². The molecule has 336 valence electrons. The fourth-order valence-corrected chi connectivity index (χ4v) is 10.9. The van der Waals surface area contributed by atoms with Gasteiger partial charge in [0.25, 0.3) is 0 Å². The molecule has 1 atom stereocenters. The molecule has 4 aliphatic rings. The van der Waals surface area contributed by atoms with Gasteiger partial charge in [0.1, 0.15) is 18.1 Å². The number of hydrogen-bond acceptors (Lipinski definition) is 7. The maximum absolute atomic E-state index is 13.3. The summed E-state index contributed by atoms with van der Waals surface area (Å²) in [6, 6.07) is 17.3. The van der Waals surface area contributed by atoms with E-state index in [4.69, 9.17) is 36.8 Å². The second-order valence-corrected chi connectivity index (χ2v) is 31.2. The van der Waals surface area contributed by atoms with Crippen molar-refractivity contribution >= 4 is 57.5 Å². The number of amides is 1. The molecule has 8 nitrogen and oxygen atoms in total. The van der Waals surface area contributed by atoms with Crippen molar-refractivity contribution in [1.29, 1.82) is 0 Å². The van der Waals surface area contributed by atoms with Crippen molar-refractivity contribution in [3.63, 3.8) is 0 Å². The molecule has 1 unspecified atom stereocenters. The maximum Gasteiger partial charge on any atom is 0.410 e. The molecule has 7 rings (SSSR count). The topological polar surface area (TPSA) is 94.2 Å². The van der Waals surface area contributed by atoms with Crippen molar-refractivity contribution in [3.8, 4) is 11.5 Å². The van der Waals surface area contributed by atoms with Crippen molar-refractivity contribution in [2.24, 2.45) is 17.8 Å². The summed E-state index contributed by atoms with van der Waals surface area (Å²) in [4.78, 5) is 40.4. The number of allylic oxidation sites excluding steroid dienone is 2. The van der Waals surface area contributed by atoms with E-state index in [9.17, 15) is 14.4 Å². The van der Waals surface area contributed by atoms with Gasteiger partial charge in [-0.05, 0) is 159 Å².